The number of hydrogen-bond acceptors (Lipinski definition) is 6. The van der Waals surface area contributed by atoms with E-state index in [1.165, 1.54) is 11.3 Å². The quantitative estimate of drug-likeness (QED) is 0.523. The molecule has 6 nitrogen and oxygen atoms in total. The van der Waals surface area contributed by atoms with E-state index >= 15 is 0 Å². The summed E-state index contributed by atoms with van der Waals surface area (Å²) in [5.74, 6) is 1.10. The zero-order valence-electron chi connectivity index (χ0n) is 18.5. The Labute approximate surface area is 191 Å². The zero-order chi connectivity index (χ0) is 22.8. The van der Waals surface area contributed by atoms with Crippen LogP contribution in [0.5, 0.6) is 11.5 Å². The second-order valence-electron chi connectivity index (χ2n) is 7.49. The molecule has 0 unspecified atom stereocenters. The van der Waals surface area contributed by atoms with Crippen LogP contribution in [0.25, 0.3) is 0 Å². The van der Waals surface area contributed by atoms with E-state index in [1.807, 2.05) is 38.1 Å². The maximum absolute atomic E-state index is 13.1. The summed E-state index contributed by atoms with van der Waals surface area (Å²) in [6, 6.07) is 14.6. The second-order valence-corrected chi connectivity index (χ2v) is 8.69. The molecule has 2 aromatic carbocycles. The predicted molar refractivity (Wildman–Crippen MR) is 127 cm³/mol. The second kappa shape index (κ2) is 8.96. The minimum Gasteiger partial charge on any atom is -0.497 e. The standard InChI is InChI=1S/C25H24N2O4S/c1-15-16(2)32-25-23(15)24(18-7-11-20(31-4)12-8-18)26-13-22(29)27(25)14-21(28)17-5-9-19(30-3)10-6-17/h5-12H,13-14H2,1-4H3. The normalized spacial score (nSPS) is 13.3. The average molecular weight is 449 g/mol. The molecule has 0 saturated carbocycles. The van der Waals surface area contributed by atoms with Crippen molar-refractivity contribution in [1.29, 1.82) is 0 Å². The van der Waals surface area contributed by atoms with Crippen molar-refractivity contribution in [2.75, 3.05) is 32.2 Å². The summed E-state index contributed by atoms with van der Waals surface area (Å²) in [5, 5.41) is 0.763. The van der Waals surface area contributed by atoms with Gasteiger partial charge in [0.1, 0.15) is 23.0 Å². The van der Waals surface area contributed by atoms with Crippen molar-refractivity contribution in [1.82, 2.24) is 0 Å². The van der Waals surface area contributed by atoms with Gasteiger partial charge in [0.25, 0.3) is 0 Å². The van der Waals surface area contributed by atoms with Gasteiger partial charge in [-0.1, -0.05) is 0 Å². The molecule has 32 heavy (non-hydrogen) atoms. The van der Waals surface area contributed by atoms with Gasteiger partial charge in [0.2, 0.25) is 5.91 Å². The Balaban J connectivity index is 1.72. The summed E-state index contributed by atoms with van der Waals surface area (Å²) < 4.78 is 10.4. The fourth-order valence-corrected chi connectivity index (χ4v) is 4.83. The Kier molecular flexibility index (Phi) is 6.10. The molecule has 164 valence electrons. The monoisotopic (exact) mass is 448 g/mol. The molecule has 1 aliphatic rings. The summed E-state index contributed by atoms with van der Waals surface area (Å²) in [4.78, 5) is 33.4. The van der Waals surface area contributed by atoms with E-state index in [0.717, 1.165) is 38.0 Å². The van der Waals surface area contributed by atoms with Crippen LogP contribution >= 0.6 is 11.3 Å². The third-order valence-electron chi connectivity index (χ3n) is 5.60. The lowest BCUT2D eigenvalue weighted by Gasteiger charge is -2.20. The topological polar surface area (TPSA) is 68.2 Å². The van der Waals surface area contributed by atoms with Crippen LogP contribution in [0.3, 0.4) is 0 Å². The Morgan fingerprint density at radius 3 is 2.19 bits per heavy atom. The van der Waals surface area contributed by atoms with Crippen LogP contribution < -0.4 is 14.4 Å². The maximum atomic E-state index is 13.1. The maximum Gasteiger partial charge on any atom is 0.249 e. The van der Waals surface area contributed by atoms with Gasteiger partial charge in [-0.15, -0.1) is 11.3 Å². The molecule has 3 aromatic rings. The summed E-state index contributed by atoms with van der Waals surface area (Å²) in [6.45, 7) is 4.00. The number of thiophene rings is 1. The van der Waals surface area contributed by atoms with Crippen molar-refractivity contribution in [2.24, 2.45) is 4.99 Å². The number of carbonyl (C=O) groups is 2. The highest BCUT2D eigenvalue weighted by Gasteiger charge is 2.31. The number of ketones is 1. The highest BCUT2D eigenvalue weighted by atomic mass is 32.1. The van der Waals surface area contributed by atoms with Crippen molar-refractivity contribution in [2.45, 2.75) is 13.8 Å². The lowest BCUT2D eigenvalue weighted by Crippen LogP contribution is -2.36. The highest BCUT2D eigenvalue weighted by Crippen LogP contribution is 2.39. The number of carbonyl (C=O) groups excluding carboxylic acids is 2. The van der Waals surface area contributed by atoms with Crippen LogP contribution in [0.1, 0.15) is 31.9 Å². The predicted octanol–water partition coefficient (Wildman–Crippen LogP) is 4.45. The Bertz CT molecular complexity index is 1190. The molecule has 1 aliphatic heterocycles. The molecule has 2 heterocycles. The molecule has 1 aromatic heterocycles. The number of fused-ring (bicyclic) bond motifs is 1. The summed E-state index contributed by atoms with van der Waals surface area (Å²) in [5.41, 5.74) is 4.18. The highest BCUT2D eigenvalue weighted by molar-refractivity contribution is 7.17. The first-order chi connectivity index (χ1) is 15.4. The SMILES string of the molecule is COc1ccc(C(=O)CN2C(=O)CN=C(c3ccc(OC)cc3)c3c2sc(C)c3C)cc1. The smallest absolute Gasteiger partial charge is 0.249 e. The van der Waals surface area contributed by atoms with E-state index in [1.54, 1.807) is 43.4 Å². The third-order valence-corrected chi connectivity index (χ3v) is 6.83. The minimum atomic E-state index is -0.196. The number of aliphatic imine (C=N–C) groups is 1. The molecular weight excluding hydrogens is 424 g/mol. The van der Waals surface area contributed by atoms with Crippen LogP contribution in [0, 0.1) is 13.8 Å². The van der Waals surface area contributed by atoms with Crippen LogP contribution in [-0.2, 0) is 4.79 Å². The number of hydrogen-bond donors (Lipinski definition) is 0. The molecule has 0 fully saturated rings. The lowest BCUT2D eigenvalue weighted by molar-refractivity contribution is -0.117. The van der Waals surface area contributed by atoms with Crippen molar-refractivity contribution in [3.8, 4) is 11.5 Å². The number of rotatable bonds is 6. The number of aryl methyl sites for hydroxylation is 1. The van der Waals surface area contributed by atoms with E-state index < -0.39 is 0 Å². The fourth-order valence-electron chi connectivity index (χ4n) is 3.66. The summed E-state index contributed by atoms with van der Waals surface area (Å²) in [7, 11) is 3.20. The molecule has 0 bridgehead atoms. The van der Waals surface area contributed by atoms with Gasteiger partial charge in [0.15, 0.2) is 5.78 Å². The van der Waals surface area contributed by atoms with E-state index in [4.69, 9.17) is 9.47 Å². The van der Waals surface area contributed by atoms with Gasteiger partial charge in [-0.05, 0) is 67.9 Å². The Morgan fingerprint density at radius 2 is 1.59 bits per heavy atom. The van der Waals surface area contributed by atoms with Crippen molar-refractivity contribution < 1.29 is 19.1 Å². The Hall–Kier alpha value is -3.45. The largest absolute Gasteiger partial charge is 0.497 e. The van der Waals surface area contributed by atoms with Gasteiger partial charge < -0.3 is 9.47 Å². The number of Topliss-reactive ketones (excluding diaryl/α,β-unsaturated/α-hetero) is 1. The van der Waals surface area contributed by atoms with Gasteiger partial charge in [-0.3, -0.25) is 19.5 Å². The van der Waals surface area contributed by atoms with Gasteiger partial charge in [-0.2, -0.15) is 0 Å². The van der Waals surface area contributed by atoms with E-state index in [2.05, 4.69) is 4.99 Å². The average Bonchev–Trinajstić information content (AvgIpc) is 3.03. The molecule has 7 heteroatoms. The van der Waals surface area contributed by atoms with E-state index in [9.17, 15) is 9.59 Å². The zero-order valence-corrected chi connectivity index (χ0v) is 19.3. The van der Waals surface area contributed by atoms with Crippen LogP contribution in [-0.4, -0.2) is 44.7 Å². The van der Waals surface area contributed by atoms with Crippen LogP contribution in [0.15, 0.2) is 53.5 Å². The number of ether oxygens (including phenoxy) is 2. The van der Waals surface area contributed by atoms with Gasteiger partial charge in [0.05, 0.1) is 26.5 Å². The van der Waals surface area contributed by atoms with Crippen LogP contribution in [0.2, 0.25) is 0 Å². The van der Waals surface area contributed by atoms with Gasteiger partial charge in [-0.25, -0.2) is 0 Å². The number of nitrogens with zero attached hydrogens (tertiary/aromatic N) is 2. The number of benzene rings is 2. The summed E-state index contributed by atoms with van der Waals surface area (Å²) in [6.07, 6.45) is 0. The molecule has 0 atom stereocenters. The number of amides is 1. The third kappa shape index (κ3) is 4.03. The molecule has 0 aliphatic carbocycles. The molecule has 0 saturated heterocycles. The van der Waals surface area contributed by atoms with Crippen LogP contribution in [0.4, 0.5) is 5.00 Å². The minimum absolute atomic E-state index is 0.0167. The van der Waals surface area contributed by atoms with Crippen molar-refractivity contribution in [3.05, 3.63) is 75.7 Å². The lowest BCUT2D eigenvalue weighted by atomic mass is 9.99. The molecule has 0 N–H and O–H groups in total. The number of anilines is 1. The fraction of sp³-hybridized carbons (Fsp3) is 0.240. The molecule has 1 amide bonds. The summed E-state index contributed by atoms with van der Waals surface area (Å²) >= 11 is 1.52. The number of methoxy groups -OCH3 is 2. The first kappa shape index (κ1) is 21.8. The molecule has 4 rings (SSSR count). The van der Waals surface area contributed by atoms with E-state index in [-0.39, 0.29) is 24.8 Å². The molecule has 0 spiro atoms. The first-order valence-corrected chi connectivity index (χ1v) is 11.0. The molecule has 0 radical (unpaired) electrons. The Morgan fingerprint density at radius 1 is 1.00 bits per heavy atom. The molecular formula is C25H24N2O4S. The van der Waals surface area contributed by atoms with Gasteiger partial charge >= 0.3 is 0 Å². The van der Waals surface area contributed by atoms with Crippen molar-refractivity contribution in [3.63, 3.8) is 0 Å². The van der Waals surface area contributed by atoms with E-state index in [0.29, 0.717) is 11.3 Å². The van der Waals surface area contributed by atoms with Gasteiger partial charge in [0, 0.05) is 21.6 Å². The first-order valence-electron chi connectivity index (χ1n) is 10.2. The van der Waals surface area contributed by atoms with Crippen molar-refractivity contribution >= 4 is 33.7 Å².